The zero-order valence-electron chi connectivity index (χ0n) is 7.31. The third-order valence-corrected chi connectivity index (χ3v) is 1.79. The molecule has 0 unspecified atom stereocenters. The van der Waals surface area contributed by atoms with Crippen molar-refractivity contribution in [2.75, 3.05) is 0 Å². The monoisotopic (exact) mass is 140 g/mol. The van der Waals surface area contributed by atoms with Crippen molar-refractivity contribution in [1.29, 1.82) is 0 Å². The molecule has 0 atom stereocenters. The molecule has 0 aromatic carbocycles. The van der Waals surface area contributed by atoms with E-state index < -0.39 is 0 Å². The summed E-state index contributed by atoms with van der Waals surface area (Å²) < 4.78 is 0. The van der Waals surface area contributed by atoms with E-state index in [0.717, 1.165) is 6.42 Å². The second kappa shape index (κ2) is 2.04. The fraction of sp³-hybridized carbons (Fsp3) is 1.00. The molecule has 0 N–H and O–H groups in total. The normalized spacial score (nSPS) is 21.2. The number of nitrogens with zero attached hydrogens (tertiary/aromatic N) is 2. The Morgan fingerprint density at radius 3 is 2.00 bits per heavy atom. The molecule has 0 spiro atoms. The molecule has 58 valence electrons. The van der Waals surface area contributed by atoms with Crippen LogP contribution in [-0.2, 0) is 0 Å². The minimum atomic E-state index is 0.00722. The van der Waals surface area contributed by atoms with Gasteiger partial charge in [0, 0.05) is 0 Å². The maximum atomic E-state index is 3.96. The fourth-order valence-corrected chi connectivity index (χ4v) is 0.797. The number of hydrogen-bond acceptors (Lipinski definition) is 2. The van der Waals surface area contributed by atoms with Crippen LogP contribution in [0.5, 0.6) is 0 Å². The summed E-state index contributed by atoms with van der Waals surface area (Å²) in [7, 11) is 0. The molecule has 1 aliphatic rings. The van der Waals surface area contributed by atoms with Crippen LogP contribution in [-0.4, -0.2) is 5.66 Å². The summed E-state index contributed by atoms with van der Waals surface area (Å²) in [6.07, 6.45) is 2.31. The highest BCUT2D eigenvalue weighted by molar-refractivity contribution is 4.88. The molecule has 0 fully saturated rings. The average molecular weight is 140 g/mol. The largest absolute Gasteiger partial charge is 0.188 e. The molecule has 0 bridgehead atoms. The van der Waals surface area contributed by atoms with Crippen molar-refractivity contribution in [2.45, 2.75) is 46.2 Å². The van der Waals surface area contributed by atoms with Gasteiger partial charge in [-0.05, 0) is 25.2 Å². The van der Waals surface area contributed by atoms with Gasteiger partial charge in [0.1, 0.15) is 0 Å². The summed E-state index contributed by atoms with van der Waals surface area (Å²) in [4.78, 5) is 0. The van der Waals surface area contributed by atoms with Gasteiger partial charge >= 0.3 is 0 Å². The van der Waals surface area contributed by atoms with E-state index in [1.165, 1.54) is 6.42 Å². The Balaban J connectivity index is 2.17. The molecule has 0 saturated heterocycles. The van der Waals surface area contributed by atoms with Gasteiger partial charge in [0.05, 0.1) is 0 Å². The standard InChI is InChI=1S/C8H16N2/c1-7(2,3)5-6-8(4)9-10-8/h5-6H2,1-4H3. The smallest absolute Gasteiger partial charge is 0.159 e. The van der Waals surface area contributed by atoms with Crippen LogP contribution >= 0.6 is 0 Å². The van der Waals surface area contributed by atoms with Crippen LogP contribution in [0.1, 0.15) is 40.5 Å². The van der Waals surface area contributed by atoms with Gasteiger partial charge in [0.25, 0.3) is 0 Å². The van der Waals surface area contributed by atoms with Gasteiger partial charge in [0.2, 0.25) is 0 Å². The molecule has 1 rings (SSSR count). The Hall–Kier alpha value is -0.400. The molecule has 0 aliphatic carbocycles. The van der Waals surface area contributed by atoms with E-state index in [1.807, 2.05) is 0 Å². The van der Waals surface area contributed by atoms with Gasteiger partial charge in [0.15, 0.2) is 5.66 Å². The van der Waals surface area contributed by atoms with Crippen LogP contribution < -0.4 is 0 Å². The Bertz CT molecular complexity index is 142. The fourth-order valence-electron chi connectivity index (χ4n) is 0.797. The van der Waals surface area contributed by atoms with Crippen LogP contribution in [0.15, 0.2) is 10.2 Å². The quantitative estimate of drug-likeness (QED) is 0.563. The SMILES string of the molecule is CC(C)(C)CCC1(C)N=N1. The van der Waals surface area contributed by atoms with Gasteiger partial charge in [-0.2, -0.15) is 10.2 Å². The van der Waals surface area contributed by atoms with Crippen molar-refractivity contribution in [2.24, 2.45) is 15.6 Å². The van der Waals surface area contributed by atoms with E-state index in [9.17, 15) is 0 Å². The summed E-state index contributed by atoms with van der Waals surface area (Å²) in [5, 5.41) is 7.92. The molecular weight excluding hydrogens is 124 g/mol. The summed E-state index contributed by atoms with van der Waals surface area (Å²) in [5.74, 6) is 0. The Morgan fingerprint density at radius 2 is 1.70 bits per heavy atom. The topological polar surface area (TPSA) is 24.7 Å². The molecule has 10 heavy (non-hydrogen) atoms. The van der Waals surface area contributed by atoms with Gasteiger partial charge in [-0.3, -0.25) is 0 Å². The van der Waals surface area contributed by atoms with E-state index >= 15 is 0 Å². The maximum absolute atomic E-state index is 3.96. The minimum absolute atomic E-state index is 0.00722. The molecule has 0 amide bonds. The molecule has 2 heteroatoms. The predicted octanol–water partition coefficient (Wildman–Crippen LogP) is 2.99. The first kappa shape index (κ1) is 7.70. The van der Waals surface area contributed by atoms with Gasteiger partial charge in [-0.1, -0.05) is 20.8 Å². The summed E-state index contributed by atoms with van der Waals surface area (Å²) in [5.41, 5.74) is 0.434. The second-order valence-electron chi connectivity index (χ2n) is 4.48. The lowest BCUT2D eigenvalue weighted by molar-refractivity contribution is 0.341. The third-order valence-electron chi connectivity index (χ3n) is 1.79. The molecule has 0 aromatic heterocycles. The third kappa shape index (κ3) is 2.46. The molecule has 0 saturated carbocycles. The molecule has 2 nitrogen and oxygen atoms in total. The van der Waals surface area contributed by atoms with Gasteiger partial charge < -0.3 is 0 Å². The van der Waals surface area contributed by atoms with Crippen molar-refractivity contribution in [3.63, 3.8) is 0 Å². The highest BCUT2D eigenvalue weighted by Gasteiger charge is 2.34. The first-order valence-corrected chi connectivity index (χ1v) is 3.85. The van der Waals surface area contributed by atoms with Crippen molar-refractivity contribution in [3.05, 3.63) is 0 Å². The summed E-state index contributed by atoms with van der Waals surface area (Å²) >= 11 is 0. The molecular formula is C8H16N2. The van der Waals surface area contributed by atoms with Crippen molar-refractivity contribution in [1.82, 2.24) is 0 Å². The van der Waals surface area contributed by atoms with Gasteiger partial charge in [-0.25, -0.2) is 0 Å². The molecule has 1 heterocycles. The minimum Gasteiger partial charge on any atom is -0.159 e. The zero-order chi connectivity index (χ0) is 7.83. The van der Waals surface area contributed by atoms with E-state index in [0.29, 0.717) is 5.41 Å². The number of rotatable bonds is 2. The van der Waals surface area contributed by atoms with E-state index in [4.69, 9.17) is 0 Å². The van der Waals surface area contributed by atoms with Crippen LogP contribution in [0.25, 0.3) is 0 Å². The number of hydrogen-bond donors (Lipinski definition) is 0. The molecule has 1 aliphatic heterocycles. The van der Waals surface area contributed by atoms with Crippen molar-refractivity contribution in [3.8, 4) is 0 Å². The van der Waals surface area contributed by atoms with E-state index in [1.54, 1.807) is 0 Å². The predicted molar refractivity (Wildman–Crippen MR) is 42.0 cm³/mol. The lowest BCUT2D eigenvalue weighted by Gasteiger charge is -2.18. The summed E-state index contributed by atoms with van der Waals surface area (Å²) in [6.45, 7) is 8.83. The lowest BCUT2D eigenvalue weighted by atomic mass is 9.88. The Morgan fingerprint density at radius 1 is 1.20 bits per heavy atom. The Labute approximate surface area is 62.7 Å². The second-order valence-corrected chi connectivity index (χ2v) is 4.48. The van der Waals surface area contributed by atoms with Crippen LogP contribution in [0.3, 0.4) is 0 Å². The van der Waals surface area contributed by atoms with Crippen LogP contribution in [0.4, 0.5) is 0 Å². The van der Waals surface area contributed by atoms with Gasteiger partial charge in [-0.15, -0.1) is 0 Å². The first-order valence-electron chi connectivity index (χ1n) is 3.85. The van der Waals surface area contributed by atoms with E-state index in [-0.39, 0.29) is 5.66 Å². The van der Waals surface area contributed by atoms with Crippen molar-refractivity contribution < 1.29 is 0 Å². The van der Waals surface area contributed by atoms with Crippen LogP contribution in [0, 0.1) is 5.41 Å². The Kier molecular flexibility index (Phi) is 1.57. The van der Waals surface area contributed by atoms with E-state index in [2.05, 4.69) is 37.9 Å². The molecule has 0 radical (unpaired) electrons. The first-order chi connectivity index (χ1) is 4.41. The van der Waals surface area contributed by atoms with Crippen molar-refractivity contribution >= 4 is 0 Å². The lowest BCUT2D eigenvalue weighted by Crippen LogP contribution is -2.11. The maximum Gasteiger partial charge on any atom is 0.188 e. The highest BCUT2D eigenvalue weighted by Crippen LogP contribution is 2.35. The molecule has 0 aromatic rings. The average Bonchev–Trinajstić information content (AvgIpc) is 2.43. The highest BCUT2D eigenvalue weighted by atomic mass is 15.4. The summed E-state index contributed by atoms with van der Waals surface area (Å²) in [6, 6.07) is 0. The van der Waals surface area contributed by atoms with Crippen LogP contribution in [0.2, 0.25) is 0 Å². The zero-order valence-corrected chi connectivity index (χ0v) is 7.31.